The highest BCUT2D eigenvalue weighted by Gasteiger charge is 2.21. The van der Waals surface area contributed by atoms with E-state index in [2.05, 4.69) is 4.98 Å². The predicted molar refractivity (Wildman–Crippen MR) is 51.9 cm³/mol. The zero-order valence-electron chi connectivity index (χ0n) is 8.57. The Balaban J connectivity index is 3.55. The monoisotopic (exact) mass is 252 g/mol. The second-order valence-corrected chi connectivity index (χ2v) is 4.50. The van der Waals surface area contributed by atoms with Crippen molar-refractivity contribution in [1.29, 1.82) is 0 Å². The first-order valence-electron chi connectivity index (χ1n) is 4.14. The largest absolute Gasteiger partial charge is 0.496 e. The third kappa shape index (κ3) is 2.45. The molecule has 0 fully saturated rings. The van der Waals surface area contributed by atoms with Gasteiger partial charge in [0.1, 0.15) is 11.4 Å². The van der Waals surface area contributed by atoms with Crippen molar-refractivity contribution < 1.29 is 21.9 Å². The standard InChI is InChI=1S/C8H10F2N2O3S/c1-4-6(15-2)3-5(7(9)10)12-8(4)16(11,13)14/h3,7H,1-2H3,(H2,11,13,14). The van der Waals surface area contributed by atoms with E-state index in [0.717, 1.165) is 6.07 Å². The molecule has 0 radical (unpaired) electrons. The highest BCUT2D eigenvalue weighted by atomic mass is 32.2. The van der Waals surface area contributed by atoms with E-state index in [1.807, 2.05) is 0 Å². The van der Waals surface area contributed by atoms with E-state index in [9.17, 15) is 17.2 Å². The number of primary sulfonamides is 1. The van der Waals surface area contributed by atoms with E-state index in [4.69, 9.17) is 9.88 Å². The molecule has 0 spiro atoms. The van der Waals surface area contributed by atoms with Crippen molar-refractivity contribution in [3.63, 3.8) is 0 Å². The summed E-state index contributed by atoms with van der Waals surface area (Å²) in [5, 5.41) is 4.26. The van der Waals surface area contributed by atoms with Gasteiger partial charge in [-0.25, -0.2) is 27.3 Å². The summed E-state index contributed by atoms with van der Waals surface area (Å²) in [6.45, 7) is 1.38. The predicted octanol–water partition coefficient (Wildman–Crippen LogP) is 0.984. The summed E-state index contributed by atoms with van der Waals surface area (Å²) in [6, 6.07) is 0.981. The smallest absolute Gasteiger partial charge is 0.280 e. The number of ether oxygens (including phenoxy) is 1. The Morgan fingerprint density at radius 2 is 2.06 bits per heavy atom. The van der Waals surface area contributed by atoms with Gasteiger partial charge in [-0.1, -0.05) is 0 Å². The van der Waals surface area contributed by atoms with Crippen molar-refractivity contribution in [3.8, 4) is 5.75 Å². The molecule has 0 bridgehead atoms. The minimum Gasteiger partial charge on any atom is -0.496 e. The van der Waals surface area contributed by atoms with Gasteiger partial charge in [0.25, 0.3) is 16.4 Å². The highest BCUT2D eigenvalue weighted by Crippen LogP contribution is 2.28. The lowest BCUT2D eigenvalue weighted by Crippen LogP contribution is -2.17. The average molecular weight is 252 g/mol. The highest BCUT2D eigenvalue weighted by molar-refractivity contribution is 7.89. The first-order valence-corrected chi connectivity index (χ1v) is 5.68. The topological polar surface area (TPSA) is 82.3 Å². The van der Waals surface area contributed by atoms with Crippen LogP contribution < -0.4 is 9.88 Å². The summed E-state index contributed by atoms with van der Waals surface area (Å²) in [6.07, 6.45) is -2.89. The molecule has 1 aromatic rings. The number of alkyl halides is 2. The van der Waals surface area contributed by atoms with Crippen LogP contribution in [0.2, 0.25) is 0 Å². The lowest BCUT2D eigenvalue weighted by molar-refractivity contribution is 0.144. The van der Waals surface area contributed by atoms with Gasteiger partial charge < -0.3 is 4.74 Å². The average Bonchev–Trinajstić information content (AvgIpc) is 2.15. The van der Waals surface area contributed by atoms with Gasteiger partial charge in [-0.2, -0.15) is 0 Å². The third-order valence-electron chi connectivity index (χ3n) is 1.91. The van der Waals surface area contributed by atoms with Crippen LogP contribution in [0.3, 0.4) is 0 Å². The Hall–Kier alpha value is -1.28. The molecule has 2 N–H and O–H groups in total. The van der Waals surface area contributed by atoms with E-state index < -0.39 is 27.2 Å². The zero-order chi connectivity index (χ0) is 12.5. The molecule has 5 nitrogen and oxygen atoms in total. The Kier molecular flexibility index (Phi) is 3.44. The summed E-state index contributed by atoms with van der Waals surface area (Å²) in [7, 11) is -2.91. The number of aromatic nitrogens is 1. The number of nitrogens with two attached hydrogens (primary N) is 1. The fourth-order valence-corrected chi connectivity index (χ4v) is 1.94. The van der Waals surface area contributed by atoms with Gasteiger partial charge in [0.05, 0.1) is 7.11 Å². The van der Waals surface area contributed by atoms with Crippen LogP contribution in [-0.4, -0.2) is 20.5 Å². The summed E-state index contributed by atoms with van der Waals surface area (Å²) < 4.78 is 51.9. The number of rotatable bonds is 3. The minimum atomic E-state index is -4.15. The van der Waals surface area contributed by atoms with Crippen molar-refractivity contribution in [1.82, 2.24) is 4.98 Å². The maximum Gasteiger partial charge on any atom is 0.280 e. The molecule has 0 saturated carbocycles. The molecule has 1 heterocycles. The molecule has 8 heteroatoms. The van der Waals surface area contributed by atoms with Crippen molar-refractivity contribution in [3.05, 3.63) is 17.3 Å². The summed E-state index contributed by atoms with van der Waals surface area (Å²) >= 11 is 0. The molecule has 0 saturated heterocycles. The van der Waals surface area contributed by atoms with Gasteiger partial charge in [-0.15, -0.1) is 0 Å². The fraction of sp³-hybridized carbons (Fsp3) is 0.375. The number of hydrogen-bond donors (Lipinski definition) is 1. The van der Waals surface area contributed by atoms with Gasteiger partial charge in [0.2, 0.25) is 0 Å². The van der Waals surface area contributed by atoms with Crippen molar-refractivity contribution in [2.75, 3.05) is 7.11 Å². The van der Waals surface area contributed by atoms with Gasteiger partial charge >= 0.3 is 0 Å². The third-order valence-corrected chi connectivity index (χ3v) is 2.85. The van der Waals surface area contributed by atoms with E-state index in [1.165, 1.54) is 14.0 Å². The lowest BCUT2D eigenvalue weighted by atomic mass is 10.2. The first kappa shape index (κ1) is 12.8. The van der Waals surface area contributed by atoms with E-state index in [1.54, 1.807) is 0 Å². The summed E-state index contributed by atoms with van der Waals surface area (Å²) in [5.74, 6) is 0.00863. The van der Waals surface area contributed by atoms with Crippen molar-refractivity contribution in [2.45, 2.75) is 18.4 Å². The van der Waals surface area contributed by atoms with Crippen molar-refractivity contribution in [2.24, 2.45) is 5.14 Å². The van der Waals surface area contributed by atoms with Crippen LogP contribution >= 0.6 is 0 Å². The Labute approximate surface area is 91.3 Å². The molecule has 1 aromatic heterocycles. The maximum absolute atomic E-state index is 12.4. The van der Waals surface area contributed by atoms with Crippen LogP contribution in [-0.2, 0) is 10.0 Å². The molecule has 0 aromatic carbocycles. The van der Waals surface area contributed by atoms with Crippen LogP contribution in [0.4, 0.5) is 8.78 Å². The SMILES string of the molecule is COc1cc(C(F)F)nc(S(N)(=O)=O)c1C. The van der Waals surface area contributed by atoms with E-state index in [-0.39, 0.29) is 11.3 Å². The van der Waals surface area contributed by atoms with Gasteiger partial charge in [0, 0.05) is 11.6 Å². The number of halogens is 2. The van der Waals surface area contributed by atoms with Crippen LogP contribution in [0.5, 0.6) is 5.75 Å². The molecule has 1 rings (SSSR count). The number of pyridine rings is 1. The Bertz CT molecular complexity index is 502. The molecule has 0 atom stereocenters. The number of hydrogen-bond acceptors (Lipinski definition) is 4. The molecule has 0 aliphatic heterocycles. The molecule has 16 heavy (non-hydrogen) atoms. The molecule has 0 unspecified atom stereocenters. The Morgan fingerprint density at radius 1 is 1.50 bits per heavy atom. The van der Waals surface area contributed by atoms with Crippen molar-refractivity contribution >= 4 is 10.0 Å². The first-order chi connectivity index (χ1) is 7.27. The van der Waals surface area contributed by atoms with Crippen LogP contribution in [0, 0.1) is 6.92 Å². The summed E-state index contributed by atoms with van der Waals surface area (Å²) in [5.41, 5.74) is -0.583. The molecule has 0 aliphatic carbocycles. The molecular formula is C8H10F2N2O3S. The van der Waals surface area contributed by atoms with Gasteiger partial charge in [-0.05, 0) is 6.92 Å². The number of nitrogens with zero attached hydrogens (tertiary/aromatic N) is 1. The molecule has 0 amide bonds. The minimum absolute atomic E-state index is 0.00863. The van der Waals surface area contributed by atoms with Crippen LogP contribution in [0.1, 0.15) is 17.7 Å². The molecule has 90 valence electrons. The Morgan fingerprint density at radius 3 is 2.44 bits per heavy atom. The fourth-order valence-electron chi connectivity index (χ4n) is 1.18. The van der Waals surface area contributed by atoms with E-state index >= 15 is 0 Å². The van der Waals surface area contributed by atoms with Gasteiger partial charge in [0.15, 0.2) is 5.03 Å². The summed E-state index contributed by atoms with van der Waals surface area (Å²) in [4.78, 5) is 3.31. The molecular weight excluding hydrogens is 242 g/mol. The normalized spacial score (nSPS) is 11.9. The second-order valence-electron chi connectivity index (χ2n) is 3.03. The maximum atomic E-state index is 12.4. The molecule has 0 aliphatic rings. The van der Waals surface area contributed by atoms with Crippen LogP contribution in [0.25, 0.3) is 0 Å². The van der Waals surface area contributed by atoms with Crippen LogP contribution in [0.15, 0.2) is 11.1 Å². The quantitative estimate of drug-likeness (QED) is 0.869. The number of sulfonamides is 1. The second kappa shape index (κ2) is 4.30. The number of methoxy groups -OCH3 is 1. The van der Waals surface area contributed by atoms with E-state index in [0.29, 0.717) is 0 Å². The zero-order valence-corrected chi connectivity index (χ0v) is 9.38. The lowest BCUT2D eigenvalue weighted by Gasteiger charge is -2.10. The van der Waals surface area contributed by atoms with Gasteiger partial charge in [-0.3, -0.25) is 0 Å².